The van der Waals surface area contributed by atoms with Crippen molar-refractivity contribution in [2.24, 2.45) is 0 Å². The Labute approximate surface area is 121 Å². The van der Waals surface area contributed by atoms with Crippen LogP contribution < -0.4 is 0 Å². The van der Waals surface area contributed by atoms with E-state index in [0.717, 1.165) is 44.9 Å². The molecule has 0 saturated carbocycles. The number of carbonyl (C=O) groups is 2. The second-order valence-corrected chi connectivity index (χ2v) is 5.27. The van der Waals surface area contributed by atoms with Crippen molar-refractivity contribution in [3.63, 3.8) is 0 Å². The maximum Gasteiger partial charge on any atom is 0.308 e. The number of esters is 2. The average molecular weight is 286 g/mol. The third kappa shape index (κ3) is 6.89. The molecule has 0 amide bonds. The molecule has 1 aliphatic heterocycles. The molecule has 1 saturated heterocycles. The van der Waals surface area contributed by atoms with Gasteiger partial charge in [-0.05, 0) is 25.7 Å². The molecular formula is C15H26O5. The molecule has 1 heterocycles. The van der Waals surface area contributed by atoms with E-state index in [4.69, 9.17) is 4.74 Å². The highest BCUT2D eigenvalue weighted by Crippen LogP contribution is 2.26. The Kier molecular flexibility index (Phi) is 8.26. The van der Waals surface area contributed by atoms with E-state index in [1.807, 2.05) is 0 Å². The molecule has 0 aliphatic carbocycles. The highest BCUT2D eigenvalue weighted by Gasteiger charge is 2.26. The summed E-state index contributed by atoms with van der Waals surface area (Å²) in [6.45, 7) is 0. The van der Waals surface area contributed by atoms with Gasteiger partial charge in [0.1, 0.15) is 0 Å². The van der Waals surface area contributed by atoms with Crippen molar-refractivity contribution >= 4 is 11.9 Å². The summed E-state index contributed by atoms with van der Waals surface area (Å²) in [6, 6.07) is 0. The zero-order valence-electron chi connectivity index (χ0n) is 12.6. The van der Waals surface area contributed by atoms with E-state index < -0.39 is 0 Å². The molecule has 0 N–H and O–H groups in total. The molecule has 0 bridgehead atoms. The van der Waals surface area contributed by atoms with Crippen LogP contribution in [0.2, 0.25) is 0 Å². The second kappa shape index (κ2) is 9.75. The molecule has 0 aromatic carbocycles. The van der Waals surface area contributed by atoms with Gasteiger partial charge in [0.05, 0.1) is 32.8 Å². The van der Waals surface area contributed by atoms with Gasteiger partial charge in [-0.3, -0.25) is 9.59 Å². The predicted molar refractivity (Wildman–Crippen MR) is 74.2 cm³/mol. The first-order valence-electron chi connectivity index (χ1n) is 7.44. The summed E-state index contributed by atoms with van der Waals surface area (Å²) in [6.07, 6.45) is 8.37. The Hall–Kier alpha value is -1.10. The molecule has 1 aliphatic rings. The molecule has 0 spiro atoms. The molecule has 116 valence electrons. The highest BCUT2D eigenvalue weighted by atomic mass is 16.5. The van der Waals surface area contributed by atoms with Gasteiger partial charge in [0.2, 0.25) is 0 Å². The van der Waals surface area contributed by atoms with Crippen molar-refractivity contribution in [3.05, 3.63) is 0 Å². The van der Waals surface area contributed by atoms with E-state index in [0.29, 0.717) is 12.8 Å². The van der Waals surface area contributed by atoms with Gasteiger partial charge in [0.25, 0.3) is 0 Å². The average Bonchev–Trinajstić information content (AvgIpc) is 2.89. The van der Waals surface area contributed by atoms with Crippen molar-refractivity contribution in [1.82, 2.24) is 0 Å². The Bertz CT molecular complexity index is 303. The van der Waals surface area contributed by atoms with Crippen LogP contribution in [-0.2, 0) is 23.8 Å². The fraction of sp³-hybridized carbons (Fsp3) is 0.867. The minimum atomic E-state index is -0.196. The number of carbonyl (C=O) groups excluding carboxylic acids is 2. The summed E-state index contributed by atoms with van der Waals surface area (Å²) in [5.41, 5.74) is 0. The summed E-state index contributed by atoms with van der Waals surface area (Å²) in [7, 11) is 2.83. The number of ether oxygens (including phenoxy) is 3. The van der Waals surface area contributed by atoms with Crippen molar-refractivity contribution < 1.29 is 23.8 Å². The molecule has 1 fully saturated rings. The topological polar surface area (TPSA) is 61.8 Å². The quantitative estimate of drug-likeness (QED) is 0.481. The number of rotatable bonds is 9. The van der Waals surface area contributed by atoms with E-state index in [9.17, 15) is 9.59 Å². The number of hydrogen-bond donors (Lipinski definition) is 0. The van der Waals surface area contributed by atoms with E-state index in [1.165, 1.54) is 14.2 Å². The van der Waals surface area contributed by atoms with Crippen molar-refractivity contribution in [3.8, 4) is 0 Å². The first kappa shape index (κ1) is 17.0. The van der Waals surface area contributed by atoms with Crippen LogP contribution in [0.5, 0.6) is 0 Å². The molecular weight excluding hydrogens is 260 g/mol. The first-order valence-corrected chi connectivity index (χ1v) is 7.44. The molecule has 2 atom stereocenters. The van der Waals surface area contributed by atoms with Crippen LogP contribution >= 0.6 is 0 Å². The number of methoxy groups -OCH3 is 2. The summed E-state index contributed by atoms with van der Waals surface area (Å²) < 4.78 is 15.1. The van der Waals surface area contributed by atoms with E-state index in [-0.39, 0.29) is 24.1 Å². The van der Waals surface area contributed by atoms with Gasteiger partial charge in [-0.15, -0.1) is 0 Å². The van der Waals surface area contributed by atoms with Gasteiger partial charge in [0.15, 0.2) is 0 Å². The van der Waals surface area contributed by atoms with Crippen LogP contribution in [0.3, 0.4) is 0 Å². The summed E-state index contributed by atoms with van der Waals surface area (Å²) in [5, 5.41) is 0. The van der Waals surface area contributed by atoms with Crippen molar-refractivity contribution in [1.29, 1.82) is 0 Å². The Morgan fingerprint density at radius 3 is 2.30 bits per heavy atom. The van der Waals surface area contributed by atoms with E-state index in [1.54, 1.807) is 0 Å². The fourth-order valence-corrected chi connectivity index (χ4v) is 2.51. The number of unbranched alkanes of at least 4 members (excludes halogenated alkanes) is 3. The van der Waals surface area contributed by atoms with Crippen LogP contribution in [0.15, 0.2) is 0 Å². The first-order chi connectivity index (χ1) is 9.65. The lowest BCUT2D eigenvalue weighted by molar-refractivity contribution is -0.143. The van der Waals surface area contributed by atoms with Gasteiger partial charge in [0, 0.05) is 6.42 Å². The summed E-state index contributed by atoms with van der Waals surface area (Å²) in [4.78, 5) is 22.1. The Morgan fingerprint density at radius 2 is 1.60 bits per heavy atom. The molecule has 2 unspecified atom stereocenters. The molecule has 0 aromatic heterocycles. The highest BCUT2D eigenvalue weighted by molar-refractivity contribution is 5.69. The molecule has 0 radical (unpaired) electrons. The molecule has 0 aromatic rings. The smallest absolute Gasteiger partial charge is 0.308 e. The van der Waals surface area contributed by atoms with Gasteiger partial charge >= 0.3 is 11.9 Å². The Balaban J connectivity index is 1.98. The lowest BCUT2D eigenvalue weighted by Gasteiger charge is -2.12. The van der Waals surface area contributed by atoms with E-state index >= 15 is 0 Å². The maximum atomic E-state index is 11.1. The van der Waals surface area contributed by atoms with Crippen molar-refractivity contribution in [2.75, 3.05) is 14.2 Å². The minimum Gasteiger partial charge on any atom is -0.469 e. The van der Waals surface area contributed by atoms with Gasteiger partial charge < -0.3 is 14.2 Å². The standard InChI is InChI=1S/C15H26O5/c1-18-14(16)8-6-4-3-5-7-12-9-10-13(20-12)11-15(17)19-2/h12-13H,3-11H2,1-2H3. The normalized spacial score (nSPS) is 21.7. The molecule has 20 heavy (non-hydrogen) atoms. The third-order valence-corrected chi connectivity index (χ3v) is 3.70. The molecule has 1 rings (SSSR count). The largest absolute Gasteiger partial charge is 0.469 e. The van der Waals surface area contributed by atoms with E-state index in [2.05, 4.69) is 9.47 Å². The summed E-state index contributed by atoms with van der Waals surface area (Å²) in [5.74, 6) is -0.326. The SMILES string of the molecule is COC(=O)CCCCCCC1CCC(CC(=O)OC)O1. The summed E-state index contributed by atoms with van der Waals surface area (Å²) >= 11 is 0. The molecule has 5 heteroatoms. The maximum absolute atomic E-state index is 11.1. The lowest BCUT2D eigenvalue weighted by atomic mass is 10.1. The van der Waals surface area contributed by atoms with Crippen LogP contribution in [0.1, 0.15) is 57.8 Å². The third-order valence-electron chi connectivity index (χ3n) is 3.70. The van der Waals surface area contributed by atoms with Gasteiger partial charge in [-0.1, -0.05) is 19.3 Å². The fourth-order valence-electron chi connectivity index (χ4n) is 2.51. The molecule has 5 nitrogen and oxygen atoms in total. The predicted octanol–water partition coefficient (Wildman–Crippen LogP) is 2.61. The van der Waals surface area contributed by atoms with Crippen LogP contribution in [0.4, 0.5) is 0 Å². The monoisotopic (exact) mass is 286 g/mol. The zero-order valence-corrected chi connectivity index (χ0v) is 12.6. The number of hydrogen-bond acceptors (Lipinski definition) is 5. The van der Waals surface area contributed by atoms with Crippen LogP contribution in [0.25, 0.3) is 0 Å². The minimum absolute atomic E-state index is 0.0341. The van der Waals surface area contributed by atoms with Crippen LogP contribution in [-0.4, -0.2) is 38.4 Å². The second-order valence-electron chi connectivity index (χ2n) is 5.27. The van der Waals surface area contributed by atoms with Gasteiger partial charge in [-0.2, -0.15) is 0 Å². The zero-order chi connectivity index (χ0) is 14.8. The van der Waals surface area contributed by atoms with Crippen molar-refractivity contribution in [2.45, 2.75) is 70.0 Å². The lowest BCUT2D eigenvalue weighted by Crippen LogP contribution is -2.16. The van der Waals surface area contributed by atoms with Crippen LogP contribution in [0, 0.1) is 0 Å². The Morgan fingerprint density at radius 1 is 0.950 bits per heavy atom. The van der Waals surface area contributed by atoms with Gasteiger partial charge in [-0.25, -0.2) is 0 Å².